The van der Waals surface area contributed by atoms with E-state index in [2.05, 4.69) is 28.1 Å². The number of phosphoric ester groups is 1. The highest BCUT2D eigenvalue weighted by molar-refractivity contribution is 7.66. The third kappa shape index (κ3) is 6.05. The monoisotopic (exact) mass is 527 g/mol. The number of ether oxygens (including phenoxy) is 1. The van der Waals surface area contributed by atoms with Crippen LogP contribution in [0.1, 0.15) is 12.6 Å². The number of halogens is 2. The van der Waals surface area contributed by atoms with Crippen molar-refractivity contribution in [3.63, 3.8) is 0 Å². The van der Waals surface area contributed by atoms with Crippen LogP contribution in [0.3, 0.4) is 0 Å². The second kappa shape index (κ2) is 8.37. The van der Waals surface area contributed by atoms with Gasteiger partial charge in [-0.2, -0.15) is 8.62 Å². The molecule has 1 aliphatic heterocycles. The number of alkyl halides is 2. The van der Waals surface area contributed by atoms with E-state index in [0.29, 0.717) is 0 Å². The van der Waals surface area contributed by atoms with Crippen LogP contribution in [0.4, 0.5) is 10.2 Å². The molecule has 0 amide bonds. The summed E-state index contributed by atoms with van der Waals surface area (Å²) in [6.45, 7) is -0.873. The number of anilines is 1. The van der Waals surface area contributed by atoms with Crippen molar-refractivity contribution in [2.24, 2.45) is 0 Å². The van der Waals surface area contributed by atoms with E-state index in [4.69, 9.17) is 36.8 Å². The Bertz CT molecular complexity index is 1130. The maximum absolute atomic E-state index is 14.9. The lowest BCUT2D eigenvalue weighted by atomic mass is 10.2. The van der Waals surface area contributed by atoms with Gasteiger partial charge in [0.25, 0.3) is 0 Å². The molecule has 3 rings (SSSR count). The number of hydrogen-bond donors (Lipinski definition) is 5. The predicted octanol–water partition coefficient (Wildman–Crippen LogP) is 0.944. The van der Waals surface area contributed by atoms with Crippen LogP contribution in [-0.2, 0) is 31.6 Å². The van der Waals surface area contributed by atoms with Crippen LogP contribution < -0.4 is 5.73 Å². The quantitative estimate of drug-likeness (QED) is 0.237. The Morgan fingerprint density at radius 1 is 1.23 bits per heavy atom. The summed E-state index contributed by atoms with van der Waals surface area (Å²) in [5.74, 6) is 0.0185. The molecular formula is C10H14ClFN5O11P3. The topological polar surface area (TPSA) is 239 Å². The molecule has 0 bridgehead atoms. The molecule has 0 saturated carbocycles. The van der Waals surface area contributed by atoms with Gasteiger partial charge in [0.05, 0.1) is 19.0 Å². The third-order valence-corrected chi connectivity index (χ3v) is 7.81. The number of phosphoric acid groups is 3. The van der Waals surface area contributed by atoms with Crippen LogP contribution in [0.15, 0.2) is 12.7 Å². The molecule has 16 nitrogen and oxygen atoms in total. The largest absolute Gasteiger partial charge is 0.490 e. The summed E-state index contributed by atoms with van der Waals surface area (Å²) >= 11 is 5.86. The zero-order valence-electron chi connectivity index (χ0n) is 14.8. The van der Waals surface area contributed by atoms with Gasteiger partial charge in [0.15, 0.2) is 17.7 Å². The molecule has 2 aromatic heterocycles. The van der Waals surface area contributed by atoms with E-state index >= 15 is 0 Å². The van der Waals surface area contributed by atoms with Crippen molar-refractivity contribution < 1.29 is 55.5 Å². The van der Waals surface area contributed by atoms with Gasteiger partial charge in [-0.05, 0) is 0 Å². The first-order chi connectivity index (χ1) is 14.1. The molecule has 174 valence electrons. The smallest absolute Gasteiger partial charge is 0.382 e. The summed E-state index contributed by atoms with van der Waals surface area (Å²) < 4.78 is 66.7. The number of nitrogens with zero attached hydrogens (tertiary/aromatic N) is 4. The third-order valence-electron chi connectivity index (χ3n) is 3.66. The van der Waals surface area contributed by atoms with Gasteiger partial charge in [0.2, 0.25) is 5.13 Å². The Hall–Kier alpha value is -1.06. The SMILES string of the molecule is Nc1ncnc2c1ncn2C1OC(COP(=O)(O)OP(=O)(O)OP(=O)(O)O)CC1(F)Cl. The fraction of sp³-hybridized carbons (Fsp3) is 0.500. The minimum Gasteiger partial charge on any atom is -0.382 e. The van der Waals surface area contributed by atoms with Crippen LogP contribution in [0, 0.1) is 0 Å². The molecule has 1 saturated heterocycles. The zero-order valence-corrected chi connectivity index (χ0v) is 18.3. The maximum Gasteiger partial charge on any atom is 0.490 e. The number of fused-ring (bicyclic) bond motifs is 1. The highest BCUT2D eigenvalue weighted by atomic mass is 35.5. The van der Waals surface area contributed by atoms with Gasteiger partial charge in [0.1, 0.15) is 11.8 Å². The molecule has 31 heavy (non-hydrogen) atoms. The van der Waals surface area contributed by atoms with Gasteiger partial charge in [-0.25, -0.2) is 33.0 Å². The molecule has 6 N–H and O–H groups in total. The highest BCUT2D eigenvalue weighted by Crippen LogP contribution is 2.66. The molecule has 2 aromatic rings. The molecular weight excluding hydrogens is 514 g/mol. The van der Waals surface area contributed by atoms with Gasteiger partial charge in [-0.1, -0.05) is 11.6 Å². The van der Waals surface area contributed by atoms with Crippen LogP contribution >= 0.6 is 35.1 Å². The summed E-state index contributed by atoms with van der Waals surface area (Å²) in [5, 5.41) is -2.56. The summed E-state index contributed by atoms with van der Waals surface area (Å²) in [4.78, 5) is 47.2. The Morgan fingerprint density at radius 3 is 2.55 bits per heavy atom. The average Bonchev–Trinajstić information content (AvgIpc) is 3.10. The minimum atomic E-state index is -5.69. The van der Waals surface area contributed by atoms with Gasteiger partial charge in [-0.15, -0.1) is 0 Å². The van der Waals surface area contributed by atoms with Crippen molar-refractivity contribution in [1.29, 1.82) is 0 Å². The summed E-state index contributed by atoms with van der Waals surface area (Å²) in [5.41, 5.74) is 5.90. The minimum absolute atomic E-state index is 0.0185. The second-order valence-corrected chi connectivity index (χ2v) is 11.1. The molecule has 21 heteroatoms. The lowest BCUT2D eigenvalue weighted by molar-refractivity contribution is -0.0417. The molecule has 0 aromatic carbocycles. The normalized spacial score (nSPS) is 28.5. The molecule has 5 unspecified atom stereocenters. The number of nitrogen functional groups attached to an aromatic ring is 1. The first-order valence-electron chi connectivity index (χ1n) is 7.83. The van der Waals surface area contributed by atoms with E-state index in [0.717, 1.165) is 17.2 Å². The van der Waals surface area contributed by atoms with E-state index in [1.807, 2.05) is 0 Å². The number of imidazole rings is 1. The zero-order chi connectivity index (χ0) is 23.2. The first-order valence-corrected chi connectivity index (χ1v) is 12.7. The summed E-state index contributed by atoms with van der Waals surface area (Å²) in [6.07, 6.45) is -1.12. The van der Waals surface area contributed by atoms with Crippen molar-refractivity contribution >= 4 is 52.1 Å². The molecule has 1 aliphatic rings. The second-order valence-electron chi connectivity index (χ2n) is 6.05. The Labute approximate surface area is 176 Å². The van der Waals surface area contributed by atoms with Crippen molar-refractivity contribution in [2.75, 3.05) is 12.3 Å². The Balaban J connectivity index is 1.69. The number of rotatable bonds is 8. The fourth-order valence-electron chi connectivity index (χ4n) is 2.62. The van der Waals surface area contributed by atoms with E-state index in [9.17, 15) is 23.0 Å². The van der Waals surface area contributed by atoms with E-state index in [1.165, 1.54) is 0 Å². The molecule has 0 radical (unpaired) electrons. The molecule has 3 heterocycles. The van der Waals surface area contributed by atoms with Crippen LogP contribution in [0.2, 0.25) is 0 Å². The van der Waals surface area contributed by atoms with Crippen molar-refractivity contribution in [3.05, 3.63) is 12.7 Å². The average molecular weight is 528 g/mol. The fourth-order valence-corrected chi connectivity index (χ4v) is 6.00. The first kappa shape index (κ1) is 24.6. The number of nitrogens with two attached hydrogens (primary N) is 1. The summed E-state index contributed by atoms with van der Waals surface area (Å²) in [6, 6.07) is 0. The van der Waals surface area contributed by atoms with Gasteiger partial charge in [0, 0.05) is 6.42 Å². The van der Waals surface area contributed by atoms with Crippen LogP contribution in [0.25, 0.3) is 11.2 Å². The predicted molar refractivity (Wildman–Crippen MR) is 97.8 cm³/mol. The maximum atomic E-state index is 14.9. The Kier molecular flexibility index (Phi) is 6.64. The van der Waals surface area contributed by atoms with Crippen molar-refractivity contribution in [3.8, 4) is 0 Å². The van der Waals surface area contributed by atoms with Gasteiger partial charge < -0.3 is 30.0 Å². The number of hydrogen-bond acceptors (Lipinski definition) is 11. The van der Waals surface area contributed by atoms with Crippen LogP contribution in [0.5, 0.6) is 0 Å². The standard InChI is InChI=1S/C10H14ClFN5O11P3/c11-10(12)1-5(2-25-30(21,22)28-31(23,24)27-29(18,19)20)26-9(10)17-4-16-6-7(13)14-3-15-8(6)17/h3-5,9H,1-2H2,(H,21,22)(H,23,24)(H2,13,14,15)(H2,18,19,20). The molecule has 0 spiro atoms. The van der Waals surface area contributed by atoms with E-state index in [1.54, 1.807) is 0 Å². The molecule has 5 atom stereocenters. The molecule has 1 fully saturated rings. The van der Waals surface area contributed by atoms with Gasteiger partial charge >= 0.3 is 23.5 Å². The van der Waals surface area contributed by atoms with E-state index < -0.39 is 54.0 Å². The number of aromatic nitrogens is 4. The van der Waals surface area contributed by atoms with Crippen molar-refractivity contribution in [1.82, 2.24) is 19.5 Å². The lowest BCUT2D eigenvalue weighted by Crippen LogP contribution is -2.24. The highest BCUT2D eigenvalue weighted by Gasteiger charge is 2.51. The Morgan fingerprint density at radius 2 is 1.90 bits per heavy atom. The lowest BCUT2D eigenvalue weighted by Gasteiger charge is -2.20. The van der Waals surface area contributed by atoms with E-state index in [-0.39, 0.29) is 17.0 Å². The van der Waals surface area contributed by atoms with Crippen molar-refractivity contribution in [2.45, 2.75) is 23.9 Å². The van der Waals surface area contributed by atoms with Crippen LogP contribution in [-0.4, -0.2) is 56.9 Å². The summed E-state index contributed by atoms with van der Waals surface area (Å²) in [7, 11) is -16.6. The molecule has 0 aliphatic carbocycles. The van der Waals surface area contributed by atoms with Gasteiger partial charge in [-0.3, -0.25) is 9.09 Å².